The maximum atomic E-state index is 6.11. The summed E-state index contributed by atoms with van der Waals surface area (Å²) < 4.78 is 6.11. The molecule has 5 rings (SSSR count). The van der Waals surface area contributed by atoms with Gasteiger partial charge in [-0.2, -0.15) is 0 Å². The minimum Gasteiger partial charge on any atom is -0.493 e. The summed E-state index contributed by atoms with van der Waals surface area (Å²) in [4.78, 5) is 12.6. The van der Waals surface area contributed by atoms with Crippen molar-refractivity contribution in [1.29, 1.82) is 0 Å². The Morgan fingerprint density at radius 2 is 2.06 bits per heavy atom. The van der Waals surface area contributed by atoms with Gasteiger partial charge in [-0.15, -0.1) is 0 Å². The number of aromatic nitrogens is 3. The number of nitrogens with one attached hydrogen (secondary N) is 3. The summed E-state index contributed by atoms with van der Waals surface area (Å²) in [6.07, 6.45) is 4.42. The van der Waals surface area contributed by atoms with Gasteiger partial charge in [-0.3, -0.25) is 0 Å². The maximum Gasteiger partial charge on any atom is 0.130 e. The quantitative estimate of drug-likeness (QED) is 0.354. The summed E-state index contributed by atoms with van der Waals surface area (Å²) in [6.45, 7) is 7.01. The van der Waals surface area contributed by atoms with E-state index in [2.05, 4.69) is 75.0 Å². The number of H-pyrrole nitrogens is 1. The Morgan fingerprint density at radius 3 is 2.94 bits per heavy atom. The molecule has 2 atom stereocenters. The van der Waals surface area contributed by atoms with Crippen LogP contribution in [0.3, 0.4) is 0 Å². The highest BCUT2D eigenvalue weighted by Crippen LogP contribution is 2.27. The molecule has 2 aromatic heterocycles. The predicted molar refractivity (Wildman–Crippen MR) is 134 cm³/mol. The number of ether oxygens (including phenoxy) is 1. The van der Waals surface area contributed by atoms with Crippen molar-refractivity contribution in [3.63, 3.8) is 0 Å². The maximum absolute atomic E-state index is 6.11. The van der Waals surface area contributed by atoms with Crippen molar-refractivity contribution in [1.82, 2.24) is 20.3 Å². The zero-order valence-electron chi connectivity index (χ0n) is 19.3. The Hall–Kier alpha value is -3.38. The fourth-order valence-electron chi connectivity index (χ4n) is 4.46. The van der Waals surface area contributed by atoms with Crippen LogP contribution in [0.25, 0.3) is 22.2 Å². The molecule has 1 fully saturated rings. The number of anilines is 1. The van der Waals surface area contributed by atoms with Gasteiger partial charge in [0, 0.05) is 35.8 Å². The second kappa shape index (κ2) is 9.63. The summed E-state index contributed by atoms with van der Waals surface area (Å²) in [5.74, 6) is 3.07. The molecule has 0 radical (unpaired) electrons. The van der Waals surface area contributed by atoms with E-state index in [0.717, 1.165) is 53.9 Å². The van der Waals surface area contributed by atoms with Gasteiger partial charge in [-0.25, -0.2) is 9.97 Å². The number of hydrogen-bond acceptors (Lipinski definition) is 5. The van der Waals surface area contributed by atoms with E-state index in [1.165, 1.54) is 23.8 Å². The number of piperidine rings is 1. The number of rotatable bonds is 7. The molecule has 6 heteroatoms. The van der Waals surface area contributed by atoms with E-state index in [-0.39, 0.29) is 6.04 Å². The fraction of sp³-hybridized carbons (Fsp3) is 0.333. The lowest BCUT2D eigenvalue weighted by Gasteiger charge is -2.23. The molecule has 0 saturated carbocycles. The van der Waals surface area contributed by atoms with Crippen molar-refractivity contribution in [2.75, 3.05) is 25.0 Å². The molecule has 33 heavy (non-hydrogen) atoms. The highest BCUT2D eigenvalue weighted by atomic mass is 16.5. The largest absolute Gasteiger partial charge is 0.493 e. The number of benzene rings is 2. The van der Waals surface area contributed by atoms with Gasteiger partial charge in [0.2, 0.25) is 0 Å². The lowest BCUT2D eigenvalue weighted by Crippen LogP contribution is -2.33. The minimum absolute atomic E-state index is 0.0814. The zero-order valence-corrected chi connectivity index (χ0v) is 19.3. The molecule has 1 saturated heterocycles. The molecule has 0 aliphatic carbocycles. The van der Waals surface area contributed by atoms with Crippen molar-refractivity contribution in [3.8, 4) is 17.0 Å². The van der Waals surface area contributed by atoms with Gasteiger partial charge in [-0.1, -0.05) is 24.3 Å². The molecular formula is C27H31N5O. The Labute approximate surface area is 194 Å². The lowest BCUT2D eigenvalue weighted by molar-refractivity contribution is 0.218. The molecule has 2 unspecified atom stereocenters. The molecule has 0 amide bonds. The first-order chi connectivity index (χ1) is 16.1. The summed E-state index contributed by atoms with van der Waals surface area (Å²) >= 11 is 0. The highest BCUT2D eigenvalue weighted by Gasteiger charge is 2.14. The van der Waals surface area contributed by atoms with Crippen molar-refractivity contribution < 1.29 is 4.74 Å². The van der Waals surface area contributed by atoms with Crippen LogP contribution in [0.2, 0.25) is 0 Å². The number of aryl methyl sites for hydroxylation is 1. The molecular weight excluding hydrogens is 410 g/mol. The Morgan fingerprint density at radius 1 is 1.12 bits per heavy atom. The second-order valence-electron chi connectivity index (χ2n) is 8.93. The van der Waals surface area contributed by atoms with E-state index in [0.29, 0.717) is 5.92 Å². The van der Waals surface area contributed by atoms with E-state index >= 15 is 0 Å². The van der Waals surface area contributed by atoms with Gasteiger partial charge in [0.25, 0.3) is 0 Å². The first-order valence-electron chi connectivity index (χ1n) is 11.8. The van der Waals surface area contributed by atoms with Crippen LogP contribution in [0.15, 0.2) is 60.8 Å². The third-order valence-corrected chi connectivity index (χ3v) is 6.30. The standard InChI is InChI=1S/C27H31N5O/c1-18(22-6-3-7-24(13-22)33-17-20-5-4-11-28-16-20)30-27-15-26(31-19(2)32-27)23-9-8-21-10-12-29-25(21)14-23/h3,6-10,12-15,18,20,28-29H,4-5,11,16-17H2,1-2H3,(H,30,31,32). The first kappa shape index (κ1) is 21.5. The number of nitrogens with zero attached hydrogens (tertiary/aromatic N) is 2. The van der Waals surface area contributed by atoms with Gasteiger partial charge in [0.15, 0.2) is 0 Å². The van der Waals surface area contributed by atoms with Crippen LogP contribution in [0, 0.1) is 12.8 Å². The average Bonchev–Trinajstić information content (AvgIpc) is 3.31. The minimum atomic E-state index is 0.0814. The molecule has 6 nitrogen and oxygen atoms in total. The van der Waals surface area contributed by atoms with Crippen LogP contribution >= 0.6 is 0 Å². The third kappa shape index (κ3) is 5.17. The molecule has 3 heterocycles. The van der Waals surface area contributed by atoms with Crippen LogP contribution in [0.4, 0.5) is 5.82 Å². The van der Waals surface area contributed by atoms with E-state index in [1.54, 1.807) is 0 Å². The Kier molecular flexibility index (Phi) is 6.26. The molecule has 2 aromatic carbocycles. The van der Waals surface area contributed by atoms with Gasteiger partial charge in [-0.05, 0) is 68.4 Å². The van der Waals surface area contributed by atoms with E-state index in [1.807, 2.05) is 25.3 Å². The molecule has 0 bridgehead atoms. The summed E-state index contributed by atoms with van der Waals surface area (Å²) in [5, 5.41) is 8.19. The topological polar surface area (TPSA) is 74.9 Å². The van der Waals surface area contributed by atoms with Crippen LogP contribution in [0.1, 0.15) is 37.2 Å². The molecule has 1 aliphatic heterocycles. The van der Waals surface area contributed by atoms with Gasteiger partial charge in [0.1, 0.15) is 17.4 Å². The molecule has 170 valence electrons. The fourth-order valence-corrected chi connectivity index (χ4v) is 4.46. The third-order valence-electron chi connectivity index (χ3n) is 6.30. The van der Waals surface area contributed by atoms with Crippen LogP contribution in [0.5, 0.6) is 5.75 Å². The molecule has 3 N–H and O–H groups in total. The molecule has 0 spiro atoms. The average molecular weight is 442 g/mol. The van der Waals surface area contributed by atoms with Crippen molar-refractivity contribution in [2.24, 2.45) is 5.92 Å². The van der Waals surface area contributed by atoms with Crippen molar-refractivity contribution in [2.45, 2.75) is 32.7 Å². The van der Waals surface area contributed by atoms with Gasteiger partial charge in [0.05, 0.1) is 18.3 Å². The Bertz CT molecular complexity index is 1230. The van der Waals surface area contributed by atoms with E-state index < -0.39 is 0 Å². The van der Waals surface area contributed by atoms with Crippen LogP contribution in [-0.4, -0.2) is 34.6 Å². The van der Waals surface area contributed by atoms with Gasteiger partial charge >= 0.3 is 0 Å². The molecule has 4 aromatic rings. The van der Waals surface area contributed by atoms with E-state index in [9.17, 15) is 0 Å². The van der Waals surface area contributed by atoms with Gasteiger partial charge < -0.3 is 20.4 Å². The normalized spacial score (nSPS) is 17.1. The lowest BCUT2D eigenvalue weighted by atomic mass is 10.0. The first-order valence-corrected chi connectivity index (χ1v) is 11.8. The smallest absolute Gasteiger partial charge is 0.130 e. The number of hydrogen-bond donors (Lipinski definition) is 3. The second-order valence-corrected chi connectivity index (χ2v) is 8.93. The molecule has 1 aliphatic rings. The van der Waals surface area contributed by atoms with Crippen LogP contribution < -0.4 is 15.4 Å². The zero-order chi connectivity index (χ0) is 22.6. The summed E-state index contributed by atoms with van der Waals surface area (Å²) in [5.41, 5.74) is 4.25. The highest BCUT2D eigenvalue weighted by molar-refractivity contribution is 5.84. The van der Waals surface area contributed by atoms with E-state index in [4.69, 9.17) is 4.74 Å². The monoisotopic (exact) mass is 441 g/mol. The van der Waals surface area contributed by atoms with Crippen molar-refractivity contribution >= 4 is 16.7 Å². The Balaban J connectivity index is 1.29. The SMILES string of the molecule is Cc1nc(NC(C)c2cccc(OCC3CCCNC3)c2)cc(-c2ccc3cc[nH]c3c2)n1. The predicted octanol–water partition coefficient (Wildman–Crippen LogP) is 5.48. The summed E-state index contributed by atoms with van der Waals surface area (Å²) in [7, 11) is 0. The summed E-state index contributed by atoms with van der Waals surface area (Å²) in [6, 6.07) is 18.9. The van der Waals surface area contributed by atoms with Crippen molar-refractivity contribution in [3.05, 3.63) is 72.2 Å². The number of fused-ring (bicyclic) bond motifs is 1. The number of aromatic amines is 1. The van der Waals surface area contributed by atoms with Crippen LogP contribution in [-0.2, 0) is 0 Å².